The van der Waals surface area contributed by atoms with Crippen LogP contribution in [0.15, 0.2) is 47.4 Å². The van der Waals surface area contributed by atoms with Gasteiger partial charge in [0.15, 0.2) is 0 Å². The van der Waals surface area contributed by atoms with Crippen molar-refractivity contribution in [3.8, 4) is 5.75 Å². The van der Waals surface area contributed by atoms with Crippen molar-refractivity contribution in [1.29, 1.82) is 0 Å². The fraction of sp³-hybridized carbons (Fsp3) is 0.333. The summed E-state index contributed by atoms with van der Waals surface area (Å²) in [6.45, 7) is 3.08. The smallest absolute Gasteiger partial charge is 0.292 e. The Hall–Kier alpha value is -2.65. The molecular formula is C18H21N3O5S. The Morgan fingerprint density at radius 2 is 1.89 bits per heavy atom. The van der Waals surface area contributed by atoms with E-state index in [1.807, 2.05) is 0 Å². The molecule has 0 bridgehead atoms. The molecule has 9 heteroatoms. The second-order valence-electron chi connectivity index (χ2n) is 6.10. The largest absolute Gasteiger partial charge is 0.492 e. The third-order valence-electron chi connectivity index (χ3n) is 4.31. The van der Waals surface area contributed by atoms with E-state index in [2.05, 4.69) is 5.32 Å². The van der Waals surface area contributed by atoms with Gasteiger partial charge in [-0.05, 0) is 44.0 Å². The topological polar surface area (TPSA) is 102 Å². The number of nitro benzene ring substituents is 1. The summed E-state index contributed by atoms with van der Waals surface area (Å²) < 4.78 is 33.0. The Morgan fingerprint density at radius 1 is 1.19 bits per heavy atom. The lowest BCUT2D eigenvalue weighted by Gasteiger charge is -2.19. The number of benzene rings is 2. The highest BCUT2D eigenvalue weighted by Crippen LogP contribution is 2.34. The fourth-order valence-corrected chi connectivity index (χ4v) is 4.70. The van der Waals surface area contributed by atoms with Crippen molar-refractivity contribution in [2.45, 2.75) is 24.7 Å². The predicted octanol–water partition coefficient (Wildman–Crippen LogP) is 3.52. The molecule has 0 spiro atoms. The predicted molar refractivity (Wildman–Crippen MR) is 102 cm³/mol. The van der Waals surface area contributed by atoms with Gasteiger partial charge in [0.2, 0.25) is 10.0 Å². The standard InChI is InChI=1S/C18H21N3O5S/c1-2-26-17-10-9-14(19-15-7-3-4-8-16(15)21(22)23)13-18(17)27(24,25)20-11-5-6-12-20/h3-4,7-10,13,19H,2,5-6,11-12H2,1H3. The highest BCUT2D eigenvalue weighted by Gasteiger charge is 2.30. The molecule has 2 aromatic rings. The zero-order chi connectivity index (χ0) is 19.4. The summed E-state index contributed by atoms with van der Waals surface area (Å²) in [5.74, 6) is 0.275. The van der Waals surface area contributed by atoms with Crippen molar-refractivity contribution in [3.05, 3.63) is 52.6 Å². The molecule has 0 unspecified atom stereocenters. The molecule has 1 fully saturated rings. The van der Waals surface area contributed by atoms with E-state index in [9.17, 15) is 18.5 Å². The van der Waals surface area contributed by atoms with Crippen LogP contribution < -0.4 is 10.1 Å². The molecule has 144 valence electrons. The van der Waals surface area contributed by atoms with Crippen LogP contribution in [0.4, 0.5) is 17.1 Å². The number of rotatable bonds is 7. The van der Waals surface area contributed by atoms with E-state index < -0.39 is 14.9 Å². The molecule has 0 amide bonds. The first kappa shape index (κ1) is 19.1. The summed E-state index contributed by atoms with van der Waals surface area (Å²) in [6, 6.07) is 10.9. The average molecular weight is 391 g/mol. The number of hydrogen-bond donors (Lipinski definition) is 1. The molecular weight excluding hydrogens is 370 g/mol. The van der Waals surface area contributed by atoms with Crippen LogP contribution in [0.2, 0.25) is 0 Å². The first-order valence-electron chi connectivity index (χ1n) is 8.71. The van der Waals surface area contributed by atoms with Crippen LogP contribution in [0.5, 0.6) is 5.75 Å². The Balaban J connectivity index is 2.00. The molecule has 1 saturated heterocycles. The van der Waals surface area contributed by atoms with Gasteiger partial charge < -0.3 is 10.1 Å². The third kappa shape index (κ3) is 4.04. The monoisotopic (exact) mass is 391 g/mol. The Morgan fingerprint density at radius 3 is 2.56 bits per heavy atom. The van der Waals surface area contributed by atoms with Crippen molar-refractivity contribution in [2.24, 2.45) is 0 Å². The van der Waals surface area contributed by atoms with Crippen LogP contribution >= 0.6 is 0 Å². The number of nitrogens with one attached hydrogen (secondary N) is 1. The Kier molecular flexibility index (Phi) is 5.62. The summed E-state index contributed by atoms with van der Waals surface area (Å²) in [6.07, 6.45) is 1.66. The van der Waals surface area contributed by atoms with Crippen LogP contribution in [0.1, 0.15) is 19.8 Å². The molecule has 8 nitrogen and oxygen atoms in total. The molecule has 1 aliphatic rings. The molecule has 1 aliphatic heterocycles. The van der Waals surface area contributed by atoms with Gasteiger partial charge in [-0.2, -0.15) is 4.31 Å². The third-order valence-corrected chi connectivity index (χ3v) is 6.23. The molecule has 3 rings (SSSR count). The van der Waals surface area contributed by atoms with Crippen LogP contribution in [0.25, 0.3) is 0 Å². The first-order chi connectivity index (χ1) is 12.9. The summed E-state index contributed by atoms with van der Waals surface area (Å²) in [4.78, 5) is 10.8. The van der Waals surface area contributed by atoms with Crippen molar-refractivity contribution < 1.29 is 18.1 Å². The molecule has 27 heavy (non-hydrogen) atoms. The minimum absolute atomic E-state index is 0.0647. The maximum absolute atomic E-state index is 13.0. The maximum Gasteiger partial charge on any atom is 0.292 e. The highest BCUT2D eigenvalue weighted by atomic mass is 32.2. The number of para-hydroxylation sites is 2. The lowest BCUT2D eigenvalue weighted by molar-refractivity contribution is -0.383. The number of ether oxygens (including phenoxy) is 1. The minimum atomic E-state index is -3.70. The van der Waals surface area contributed by atoms with Crippen LogP contribution in [0, 0.1) is 10.1 Å². The van der Waals surface area contributed by atoms with Gasteiger partial charge in [-0.3, -0.25) is 10.1 Å². The summed E-state index contributed by atoms with van der Waals surface area (Å²) in [7, 11) is -3.70. The number of anilines is 2. The number of nitro groups is 1. The molecule has 0 radical (unpaired) electrons. The van der Waals surface area contributed by atoms with Crippen LogP contribution in [-0.4, -0.2) is 37.3 Å². The van der Waals surface area contributed by atoms with Gasteiger partial charge in [0.25, 0.3) is 5.69 Å². The van der Waals surface area contributed by atoms with Gasteiger partial charge >= 0.3 is 0 Å². The molecule has 0 aromatic heterocycles. The summed E-state index contributed by atoms with van der Waals surface area (Å²) >= 11 is 0. The maximum atomic E-state index is 13.0. The molecule has 1 N–H and O–H groups in total. The van der Waals surface area contributed by atoms with Gasteiger partial charge in [0, 0.05) is 24.8 Å². The van der Waals surface area contributed by atoms with E-state index in [-0.39, 0.29) is 22.0 Å². The second-order valence-corrected chi connectivity index (χ2v) is 8.01. The van der Waals surface area contributed by atoms with E-state index in [1.165, 1.54) is 16.4 Å². The van der Waals surface area contributed by atoms with E-state index in [0.717, 1.165) is 12.8 Å². The lowest BCUT2D eigenvalue weighted by atomic mass is 10.2. The molecule has 0 aliphatic carbocycles. The highest BCUT2D eigenvalue weighted by molar-refractivity contribution is 7.89. The number of hydrogen-bond acceptors (Lipinski definition) is 6. The van der Waals surface area contributed by atoms with Gasteiger partial charge in [-0.15, -0.1) is 0 Å². The van der Waals surface area contributed by atoms with E-state index >= 15 is 0 Å². The van der Waals surface area contributed by atoms with Crippen molar-refractivity contribution in [2.75, 3.05) is 25.0 Å². The van der Waals surface area contributed by atoms with Gasteiger partial charge in [0.05, 0.1) is 11.5 Å². The minimum Gasteiger partial charge on any atom is -0.492 e. The zero-order valence-corrected chi connectivity index (χ0v) is 15.7. The zero-order valence-electron chi connectivity index (χ0n) is 14.9. The van der Waals surface area contributed by atoms with Gasteiger partial charge in [-0.1, -0.05) is 12.1 Å². The van der Waals surface area contributed by atoms with Gasteiger partial charge in [-0.25, -0.2) is 8.42 Å². The summed E-state index contributed by atoms with van der Waals surface area (Å²) in [5, 5.41) is 14.1. The first-order valence-corrected chi connectivity index (χ1v) is 10.1. The van der Waals surface area contributed by atoms with Crippen LogP contribution in [-0.2, 0) is 10.0 Å². The molecule has 0 atom stereocenters. The quantitative estimate of drug-likeness (QED) is 0.572. The Labute approximate surface area is 158 Å². The van der Waals surface area contributed by atoms with Crippen molar-refractivity contribution in [3.63, 3.8) is 0 Å². The SMILES string of the molecule is CCOc1ccc(Nc2ccccc2[N+](=O)[O-])cc1S(=O)(=O)N1CCCC1. The van der Waals surface area contributed by atoms with Crippen molar-refractivity contribution in [1.82, 2.24) is 4.31 Å². The summed E-state index contributed by atoms with van der Waals surface area (Å²) in [5.41, 5.74) is 0.636. The second kappa shape index (κ2) is 7.93. The van der Waals surface area contributed by atoms with E-state index in [1.54, 1.807) is 37.3 Å². The Bertz CT molecular complexity index is 940. The van der Waals surface area contributed by atoms with Crippen LogP contribution in [0.3, 0.4) is 0 Å². The number of nitrogens with zero attached hydrogens (tertiary/aromatic N) is 2. The normalized spacial score (nSPS) is 14.9. The van der Waals surface area contributed by atoms with Gasteiger partial charge in [0.1, 0.15) is 16.3 Å². The van der Waals surface area contributed by atoms with E-state index in [4.69, 9.17) is 4.74 Å². The fourth-order valence-electron chi connectivity index (χ4n) is 3.02. The molecule has 2 aromatic carbocycles. The molecule has 1 heterocycles. The number of sulfonamides is 1. The lowest BCUT2D eigenvalue weighted by Crippen LogP contribution is -2.28. The average Bonchev–Trinajstić information content (AvgIpc) is 3.19. The molecule has 0 saturated carbocycles. The van der Waals surface area contributed by atoms with E-state index in [0.29, 0.717) is 25.4 Å². The van der Waals surface area contributed by atoms with Crippen molar-refractivity contribution >= 4 is 27.1 Å².